The fourth-order valence-electron chi connectivity index (χ4n) is 4.83. The van der Waals surface area contributed by atoms with Crippen LogP contribution in [-0.2, 0) is 46.9 Å². The number of aromatic nitrogens is 3. The highest BCUT2D eigenvalue weighted by atomic mass is 32.2. The number of aryl methyl sites for hydroxylation is 2. The van der Waals surface area contributed by atoms with E-state index in [2.05, 4.69) is 14.8 Å². The number of nitrogens with one attached hydrogen (secondary N) is 2. The van der Waals surface area contributed by atoms with Gasteiger partial charge in [-0.3, -0.25) is 9.78 Å². The number of ether oxygens (including phenoxy) is 1. The Kier molecular flexibility index (Phi) is 6.14. The zero-order valence-corrected chi connectivity index (χ0v) is 19.9. The van der Waals surface area contributed by atoms with Crippen LogP contribution < -0.4 is 20.5 Å². The number of urea groups is 1. The molecule has 36 heavy (non-hydrogen) atoms. The van der Waals surface area contributed by atoms with Crippen LogP contribution in [0.5, 0.6) is 5.88 Å². The highest BCUT2D eigenvalue weighted by Gasteiger charge is 2.39. The molecule has 3 aliphatic rings. The molecule has 0 bridgehead atoms. The molecule has 0 fully saturated rings. The minimum absolute atomic E-state index is 0.0168. The summed E-state index contributed by atoms with van der Waals surface area (Å²) >= 11 is 0. The summed E-state index contributed by atoms with van der Waals surface area (Å²) in [5, 5.41) is 14.6. The van der Waals surface area contributed by atoms with Gasteiger partial charge in [0.15, 0.2) is 9.92 Å². The SMILES string of the molecule is NS(=O)(=NC(=O)Nc1c2c(nc3c1CCC3)CCC2)c1cnn2c1OCC(CNC(=O)C(F)(F)F)C2. The summed E-state index contributed by atoms with van der Waals surface area (Å²) in [6, 6.07) is -0.861. The monoisotopic (exact) mass is 527 g/mol. The largest absolute Gasteiger partial charge is 0.476 e. The fraction of sp³-hybridized carbons (Fsp3) is 0.524. The number of carbonyl (C=O) groups is 2. The normalized spacial score (nSPS) is 19.9. The molecule has 0 radical (unpaired) electrons. The zero-order chi connectivity index (χ0) is 25.7. The van der Waals surface area contributed by atoms with Gasteiger partial charge in [-0.05, 0) is 49.7 Å². The van der Waals surface area contributed by atoms with E-state index in [9.17, 15) is 27.0 Å². The molecular formula is C21H24F3N7O4S. The molecule has 0 aromatic carbocycles. The van der Waals surface area contributed by atoms with E-state index < -0.39 is 33.9 Å². The van der Waals surface area contributed by atoms with Gasteiger partial charge in [-0.15, -0.1) is 4.36 Å². The van der Waals surface area contributed by atoms with Crippen molar-refractivity contribution in [1.82, 2.24) is 20.1 Å². The second-order valence-corrected chi connectivity index (χ2v) is 10.8. The number of pyridine rings is 1. The van der Waals surface area contributed by atoms with Crippen molar-refractivity contribution in [3.8, 4) is 5.88 Å². The van der Waals surface area contributed by atoms with Gasteiger partial charge in [0.25, 0.3) is 0 Å². The van der Waals surface area contributed by atoms with E-state index in [-0.39, 0.29) is 30.5 Å². The Labute approximate surface area is 204 Å². The lowest BCUT2D eigenvalue weighted by Gasteiger charge is -2.25. The first-order valence-corrected chi connectivity index (χ1v) is 13.0. The molecule has 1 aliphatic heterocycles. The lowest BCUT2D eigenvalue weighted by Crippen LogP contribution is -2.42. The molecular weight excluding hydrogens is 503 g/mol. The molecule has 2 aliphatic carbocycles. The van der Waals surface area contributed by atoms with Gasteiger partial charge in [-0.2, -0.15) is 18.3 Å². The van der Waals surface area contributed by atoms with E-state index in [0.717, 1.165) is 67.2 Å². The summed E-state index contributed by atoms with van der Waals surface area (Å²) in [7, 11) is -3.75. The number of anilines is 1. The maximum absolute atomic E-state index is 13.2. The molecule has 3 amide bonds. The molecule has 2 atom stereocenters. The number of nitrogens with zero attached hydrogens (tertiary/aromatic N) is 4. The molecule has 194 valence electrons. The van der Waals surface area contributed by atoms with Crippen LogP contribution in [0.25, 0.3) is 0 Å². The van der Waals surface area contributed by atoms with Crippen molar-refractivity contribution >= 4 is 27.5 Å². The van der Waals surface area contributed by atoms with Gasteiger partial charge in [-0.1, -0.05) is 0 Å². The summed E-state index contributed by atoms with van der Waals surface area (Å²) < 4.78 is 60.9. The Morgan fingerprint density at radius 2 is 1.86 bits per heavy atom. The summed E-state index contributed by atoms with van der Waals surface area (Å²) in [4.78, 5) is 28.5. The van der Waals surface area contributed by atoms with Crippen LogP contribution in [0.2, 0.25) is 0 Å². The first-order chi connectivity index (χ1) is 17.0. The van der Waals surface area contributed by atoms with E-state index in [1.165, 1.54) is 4.68 Å². The van der Waals surface area contributed by atoms with E-state index in [1.807, 2.05) is 0 Å². The van der Waals surface area contributed by atoms with Gasteiger partial charge in [0.1, 0.15) is 4.90 Å². The summed E-state index contributed by atoms with van der Waals surface area (Å²) in [6.45, 7) is -0.281. The molecule has 3 heterocycles. The molecule has 11 nitrogen and oxygen atoms in total. The third-order valence-corrected chi connectivity index (χ3v) is 7.82. The van der Waals surface area contributed by atoms with Gasteiger partial charge in [0.05, 0.1) is 25.0 Å². The third-order valence-electron chi connectivity index (χ3n) is 6.47. The van der Waals surface area contributed by atoms with Crippen LogP contribution in [0.4, 0.5) is 23.7 Å². The smallest absolute Gasteiger partial charge is 0.471 e. The average molecular weight is 528 g/mol. The standard InChI is InChI=1S/C21H24F3N7O4S/c22-21(23,24)19(32)26-7-11-9-31-18(35-10-11)16(8-27-31)36(25,34)30-20(33)29-17-12-3-1-5-14(12)28-15-6-2-4-13(15)17/h8,11H,1-7,9-10H2,(H,26,32)(H3,25,28,29,30,33,34). The first kappa shape index (κ1) is 24.5. The van der Waals surface area contributed by atoms with Crippen LogP contribution in [-0.4, -0.2) is 50.2 Å². The lowest BCUT2D eigenvalue weighted by molar-refractivity contribution is -0.173. The summed E-state index contributed by atoms with van der Waals surface area (Å²) in [5.74, 6) is -2.54. The van der Waals surface area contributed by atoms with Crippen LogP contribution >= 0.6 is 0 Å². The predicted molar refractivity (Wildman–Crippen MR) is 121 cm³/mol. The van der Waals surface area contributed by atoms with Crippen LogP contribution in [0.1, 0.15) is 35.4 Å². The minimum Gasteiger partial charge on any atom is -0.476 e. The van der Waals surface area contributed by atoms with Gasteiger partial charge in [0, 0.05) is 23.9 Å². The van der Waals surface area contributed by atoms with Gasteiger partial charge < -0.3 is 15.4 Å². The minimum atomic E-state index is -4.98. The van der Waals surface area contributed by atoms with Crippen molar-refractivity contribution in [2.75, 3.05) is 18.5 Å². The number of hydrogen-bond acceptors (Lipinski definition) is 6. The van der Waals surface area contributed by atoms with Crippen molar-refractivity contribution in [2.45, 2.75) is 56.1 Å². The number of rotatable bonds is 4. The van der Waals surface area contributed by atoms with Gasteiger partial charge >= 0.3 is 18.1 Å². The van der Waals surface area contributed by atoms with E-state index in [4.69, 9.17) is 14.9 Å². The van der Waals surface area contributed by atoms with Crippen molar-refractivity contribution < 1.29 is 31.7 Å². The van der Waals surface area contributed by atoms with Crippen molar-refractivity contribution in [2.24, 2.45) is 15.4 Å². The topological polar surface area (TPSA) is 154 Å². The van der Waals surface area contributed by atoms with Gasteiger partial charge in [-0.25, -0.2) is 18.8 Å². The molecule has 0 saturated heterocycles. The van der Waals surface area contributed by atoms with Gasteiger partial charge in [0.2, 0.25) is 5.88 Å². The molecule has 2 unspecified atom stereocenters. The maximum atomic E-state index is 13.2. The fourth-order valence-corrected chi connectivity index (χ4v) is 5.83. The quantitative estimate of drug-likeness (QED) is 0.552. The Hall–Kier alpha value is -3.20. The third kappa shape index (κ3) is 4.64. The molecule has 0 saturated carbocycles. The molecule has 0 spiro atoms. The molecule has 15 heteroatoms. The van der Waals surface area contributed by atoms with E-state index in [1.54, 1.807) is 5.32 Å². The highest BCUT2D eigenvalue weighted by molar-refractivity contribution is 7.91. The average Bonchev–Trinajstić information content (AvgIpc) is 3.55. The van der Waals surface area contributed by atoms with Crippen molar-refractivity contribution in [3.63, 3.8) is 0 Å². The number of hydrogen-bond donors (Lipinski definition) is 3. The second kappa shape index (κ2) is 9.03. The Balaban J connectivity index is 1.32. The second-order valence-electron chi connectivity index (χ2n) is 9.02. The van der Waals surface area contributed by atoms with Crippen molar-refractivity contribution in [1.29, 1.82) is 0 Å². The summed E-state index contributed by atoms with van der Waals surface area (Å²) in [5.41, 5.74) is 4.60. The van der Waals surface area contributed by atoms with Crippen LogP contribution in [0, 0.1) is 5.92 Å². The molecule has 5 rings (SSSR count). The van der Waals surface area contributed by atoms with Crippen LogP contribution in [0.15, 0.2) is 15.5 Å². The highest BCUT2D eigenvalue weighted by Crippen LogP contribution is 2.37. The predicted octanol–water partition coefficient (Wildman–Crippen LogP) is 1.88. The lowest BCUT2D eigenvalue weighted by atomic mass is 10.1. The zero-order valence-electron chi connectivity index (χ0n) is 19.1. The number of fused-ring (bicyclic) bond motifs is 3. The number of halogens is 3. The number of amides is 3. The first-order valence-electron chi connectivity index (χ1n) is 11.5. The molecule has 2 aromatic heterocycles. The Morgan fingerprint density at radius 3 is 2.50 bits per heavy atom. The number of alkyl halides is 3. The van der Waals surface area contributed by atoms with Crippen molar-refractivity contribution in [3.05, 3.63) is 28.7 Å². The van der Waals surface area contributed by atoms with E-state index >= 15 is 0 Å². The Morgan fingerprint density at radius 1 is 1.19 bits per heavy atom. The number of carbonyl (C=O) groups excluding carboxylic acids is 2. The molecule has 4 N–H and O–H groups in total. The molecule has 2 aromatic rings. The van der Waals surface area contributed by atoms with Crippen LogP contribution in [0.3, 0.4) is 0 Å². The Bertz CT molecular complexity index is 1330. The number of nitrogens with two attached hydrogens (primary N) is 1. The summed E-state index contributed by atoms with van der Waals surface area (Å²) in [6.07, 6.45) is 1.33. The maximum Gasteiger partial charge on any atom is 0.471 e. The van der Waals surface area contributed by atoms with E-state index in [0.29, 0.717) is 5.69 Å².